The highest BCUT2D eigenvalue weighted by atomic mass is 19.4. The van der Waals surface area contributed by atoms with Crippen molar-refractivity contribution < 1.29 is 22.7 Å². The van der Waals surface area contributed by atoms with E-state index in [0.717, 1.165) is 12.1 Å². The Hall–Kier alpha value is -3.47. The van der Waals surface area contributed by atoms with Crippen molar-refractivity contribution in [1.29, 1.82) is 0 Å². The van der Waals surface area contributed by atoms with Gasteiger partial charge in [-0.1, -0.05) is 12.1 Å². The average molecular weight is 434 g/mol. The Labute approximate surface area is 174 Å². The minimum atomic E-state index is -4.49. The van der Waals surface area contributed by atoms with Crippen LogP contribution in [-0.2, 0) is 6.18 Å². The predicted octanol–water partition coefficient (Wildman–Crippen LogP) is 4.09. The second-order valence-electron chi connectivity index (χ2n) is 7.01. The van der Waals surface area contributed by atoms with Crippen molar-refractivity contribution in [2.45, 2.75) is 18.7 Å². The number of aliphatic hydroxyl groups excluding tert-OH is 1. The molecule has 0 radical (unpaired) electrons. The molecule has 162 valence electrons. The number of rotatable bonds is 5. The minimum absolute atomic E-state index is 0.00428. The van der Waals surface area contributed by atoms with Gasteiger partial charge >= 0.3 is 6.18 Å². The van der Waals surface area contributed by atoms with E-state index in [9.17, 15) is 22.7 Å². The van der Waals surface area contributed by atoms with Crippen LogP contribution in [0.15, 0.2) is 48.5 Å². The van der Waals surface area contributed by atoms with Crippen LogP contribution in [0.25, 0.3) is 0 Å². The molecule has 4 rings (SSSR count). The van der Waals surface area contributed by atoms with Crippen LogP contribution >= 0.6 is 0 Å². The van der Waals surface area contributed by atoms with Crippen molar-refractivity contribution in [3.05, 3.63) is 59.9 Å². The van der Waals surface area contributed by atoms with Gasteiger partial charge in [0.1, 0.15) is 5.82 Å². The van der Waals surface area contributed by atoms with E-state index >= 15 is 0 Å². The Morgan fingerprint density at radius 2 is 1.58 bits per heavy atom. The normalized spacial score (nSPS) is 16.4. The minimum Gasteiger partial charge on any atom is -0.391 e. The van der Waals surface area contributed by atoms with Gasteiger partial charge in [-0.25, -0.2) is 4.39 Å². The Morgan fingerprint density at radius 3 is 2.16 bits per heavy atom. The lowest BCUT2D eigenvalue weighted by molar-refractivity contribution is -0.137. The number of aliphatic hydroxyl groups is 1. The van der Waals surface area contributed by atoms with Crippen molar-refractivity contribution in [3.63, 3.8) is 0 Å². The molecule has 1 atom stereocenters. The maximum Gasteiger partial charge on any atom is 0.416 e. The molecular formula is C20H18F4N6O. The third-order valence-corrected chi connectivity index (χ3v) is 4.60. The maximum absolute atomic E-state index is 13.5. The van der Waals surface area contributed by atoms with E-state index in [1.165, 1.54) is 30.3 Å². The highest BCUT2D eigenvalue weighted by Gasteiger charge is 2.30. The molecular weight excluding hydrogens is 416 g/mol. The van der Waals surface area contributed by atoms with Crippen LogP contribution in [0, 0.1) is 5.82 Å². The van der Waals surface area contributed by atoms with E-state index in [-0.39, 0.29) is 23.5 Å². The summed E-state index contributed by atoms with van der Waals surface area (Å²) in [5.41, 5.74) is -0.277. The number of benzene rings is 2. The Balaban J connectivity index is 1.66. The molecule has 31 heavy (non-hydrogen) atoms. The SMILES string of the molecule is OC1CCN(c2nc(Nc3cccc(F)c3)nc(Nc3cccc(C(F)(F)F)c3)n2)C1. The highest BCUT2D eigenvalue weighted by Crippen LogP contribution is 2.31. The summed E-state index contributed by atoms with van der Waals surface area (Å²) in [7, 11) is 0. The molecule has 7 nitrogen and oxygen atoms in total. The molecule has 1 aliphatic rings. The molecule has 0 bridgehead atoms. The van der Waals surface area contributed by atoms with Gasteiger partial charge < -0.3 is 20.6 Å². The number of anilines is 5. The molecule has 2 heterocycles. The molecule has 3 N–H and O–H groups in total. The Bertz CT molecular complexity index is 1080. The summed E-state index contributed by atoms with van der Waals surface area (Å²) in [5, 5.41) is 15.4. The topological polar surface area (TPSA) is 86.2 Å². The zero-order valence-corrected chi connectivity index (χ0v) is 16.1. The number of β-amino-alcohol motifs (C(OH)–C–C–N with tert-alkyl or cyclic N) is 1. The van der Waals surface area contributed by atoms with E-state index in [4.69, 9.17) is 0 Å². The van der Waals surface area contributed by atoms with Gasteiger partial charge in [0.2, 0.25) is 17.8 Å². The summed E-state index contributed by atoms with van der Waals surface area (Å²) >= 11 is 0. The number of halogens is 4. The van der Waals surface area contributed by atoms with Crippen LogP contribution in [0.5, 0.6) is 0 Å². The van der Waals surface area contributed by atoms with Crippen LogP contribution in [-0.4, -0.2) is 39.3 Å². The van der Waals surface area contributed by atoms with Gasteiger partial charge in [-0.2, -0.15) is 28.1 Å². The van der Waals surface area contributed by atoms with Crippen LogP contribution in [0.4, 0.5) is 46.8 Å². The van der Waals surface area contributed by atoms with Crippen LogP contribution < -0.4 is 15.5 Å². The molecule has 1 unspecified atom stereocenters. The lowest BCUT2D eigenvalue weighted by atomic mass is 10.2. The number of hydrogen-bond donors (Lipinski definition) is 3. The van der Waals surface area contributed by atoms with Gasteiger partial charge in [0.25, 0.3) is 0 Å². The summed E-state index contributed by atoms with van der Waals surface area (Å²) in [4.78, 5) is 14.5. The first-order chi connectivity index (χ1) is 14.8. The van der Waals surface area contributed by atoms with Crippen molar-refractivity contribution >= 4 is 29.2 Å². The molecule has 0 aliphatic carbocycles. The first kappa shape index (κ1) is 20.8. The largest absolute Gasteiger partial charge is 0.416 e. The zero-order valence-electron chi connectivity index (χ0n) is 16.1. The summed E-state index contributed by atoms with van der Waals surface area (Å²) in [6.45, 7) is 0.819. The van der Waals surface area contributed by atoms with Crippen LogP contribution in [0.2, 0.25) is 0 Å². The standard InChI is InChI=1S/C20H18F4N6O/c21-13-4-2-6-15(10-13)26-18-27-17(28-19(29-18)30-8-7-16(31)11-30)25-14-5-1-3-12(9-14)20(22,23)24/h1-6,9-10,16,31H,7-8,11H2,(H2,25,26,27,28,29). The zero-order chi connectivity index (χ0) is 22.0. The summed E-state index contributed by atoms with van der Waals surface area (Å²) in [5.74, 6) is -0.139. The molecule has 1 aliphatic heterocycles. The molecule has 1 saturated heterocycles. The monoisotopic (exact) mass is 434 g/mol. The molecule has 1 fully saturated rings. The van der Waals surface area contributed by atoms with Crippen LogP contribution in [0.3, 0.4) is 0 Å². The first-order valence-electron chi connectivity index (χ1n) is 9.42. The van der Waals surface area contributed by atoms with Gasteiger partial charge in [-0.15, -0.1) is 0 Å². The summed E-state index contributed by atoms with van der Waals surface area (Å²) < 4.78 is 52.5. The molecule has 3 aromatic rings. The number of aromatic nitrogens is 3. The lowest BCUT2D eigenvalue weighted by Crippen LogP contribution is -2.24. The second kappa shape index (κ2) is 8.34. The third kappa shape index (κ3) is 5.18. The van der Waals surface area contributed by atoms with Gasteiger partial charge in [-0.05, 0) is 42.8 Å². The molecule has 2 aromatic carbocycles. The van der Waals surface area contributed by atoms with Crippen molar-refractivity contribution in [2.24, 2.45) is 0 Å². The number of nitrogens with one attached hydrogen (secondary N) is 2. The number of nitrogens with zero attached hydrogens (tertiary/aromatic N) is 4. The quantitative estimate of drug-likeness (QED) is 0.522. The van der Waals surface area contributed by atoms with Gasteiger partial charge in [0.05, 0.1) is 11.7 Å². The van der Waals surface area contributed by atoms with Gasteiger partial charge in [-0.3, -0.25) is 0 Å². The Kier molecular flexibility index (Phi) is 5.59. The van der Waals surface area contributed by atoms with E-state index in [1.807, 2.05) is 0 Å². The Morgan fingerprint density at radius 1 is 0.935 bits per heavy atom. The number of alkyl halides is 3. The fourth-order valence-electron chi connectivity index (χ4n) is 3.14. The van der Waals surface area contributed by atoms with E-state index in [0.29, 0.717) is 25.2 Å². The van der Waals surface area contributed by atoms with Gasteiger partial charge in [0, 0.05) is 24.5 Å². The molecule has 1 aromatic heterocycles. The van der Waals surface area contributed by atoms with E-state index < -0.39 is 23.7 Å². The average Bonchev–Trinajstić information content (AvgIpc) is 3.14. The summed E-state index contributed by atoms with van der Waals surface area (Å²) in [6, 6.07) is 10.3. The van der Waals surface area contributed by atoms with Crippen LogP contribution in [0.1, 0.15) is 12.0 Å². The highest BCUT2D eigenvalue weighted by molar-refractivity contribution is 5.60. The number of hydrogen-bond acceptors (Lipinski definition) is 7. The van der Waals surface area contributed by atoms with E-state index in [2.05, 4.69) is 25.6 Å². The van der Waals surface area contributed by atoms with Gasteiger partial charge in [0.15, 0.2) is 0 Å². The fourth-order valence-corrected chi connectivity index (χ4v) is 3.14. The molecule has 0 spiro atoms. The van der Waals surface area contributed by atoms with E-state index in [1.54, 1.807) is 11.0 Å². The van der Waals surface area contributed by atoms with Crippen molar-refractivity contribution in [3.8, 4) is 0 Å². The predicted molar refractivity (Wildman–Crippen MR) is 107 cm³/mol. The fraction of sp³-hybridized carbons (Fsp3) is 0.250. The second-order valence-corrected chi connectivity index (χ2v) is 7.01. The van der Waals surface area contributed by atoms with Crippen molar-refractivity contribution in [2.75, 3.05) is 28.6 Å². The van der Waals surface area contributed by atoms with Crippen molar-refractivity contribution in [1.82, 2.24) is 15.0 Å². The molecule has 11 heteroatoms. The smallest absolute Gasteiger partial charge is 0.391 e. The first-order valence-corrected chi connectivity index (χ1v) is 9.42. The lowest BCUT2D eigenvalue weighted by Gasteiger charge is -2.18. The molecule has 0 amide bonds. The molecule has 0 saturated carbocycles. The summed E-state index contributed by atoms with van der Waals surface area (Å²) in [6.07, 6.45) is -4.48. The maximum atomic E-state index is 13.5. The third-order valence-electron chi connectivity index (χ3n) is 4.60.